The van der Waals surface area contributed by atoms with Gasteiger partial charge in [0.1, 0.15) is 0 Å². The van der Waals surface area contributed by atoms with Crippen molar-refractivity contribution in [2.75, 3.05) is 61.1 Å². The first-order valence-corrected chi connectivity index (χ1v) is 9.94. The van der Waals surface area contributed by atoms with Crippen LogP contribution in [0.5, 0.6) is 0 Å². The summed E-state index contributed by atoms with van der Waals surface area (Å²) in [5, 5.41) is 0. The topological polar surface area (TPSA) is 24.9 Å². The molecular formula is C20H24Cl2N2O2. The maximum Gasteiger partial charge on any atom is 0.0653 e. The zero-order valence-electron chi connectivity index (χ0n) is 14.7. The van der Waals surface area contributed by atoms with Gasteiger partial charge in [0.2, 0.25) is 0 Å². The van der Waals surface area contributed by atoms with Crippen LogP contribution in [0.3, 0.4) is 0 Å². The zero-order chi connectivity index (χ0) is 18.2. The fourth-order valence-electron chi connectivity index (χ4n) is 3.21. The molecule has 2 aromatic rings. The largest absolute Gasteiger partial charge is 0.378 e. The molecule has 0 saturated heterocycles. The molecule has 0 amide bonds. The summed E-state index contributed by atoms with van der Waals surface area (Å²) in [5.41, 5.74) is 4.71. The lowest BCUT2D eigenvalue weighted by Crippen LogP contribution is -2.33. The second-order valence-corrected chi connectivity index (χ2v) is 6.64. The highest BCUT2D eigenvalue weighted by Gasteiger charge is 2.27. The summed E-state index contributed by atoms with van der Waals surface area (Å²) in [6.45, 7) is 3.97. The predicted octanol–water partition coefficient (Wildman–Crippen LogP) is 4.79. The van der Waals surface area contributed by atoms with Gasteiger partial charge in [-0.25, -0.2) is 0 Å². The maximum atomic E-state index is 5.71. The number of rotatable bonds is 10. The molecule has 0 unspecified atom stereocenters. The third-order valence-corrected chi connectivity index (χ3v) is 4.60. The lowest BCUT2D eigenvalue weighted by atomic mass is 10.1. The number of ether oxygens (including phenoxy) is 2. The minimum Gasteiger partial charge on any atom is -0.378 e. The monoisotopic (exact) mass is 394 g/mol. The molecule has 0 atom stereocenters. The molecule has 0 N–H and O–H groups in total. The van der Waals surface area contributed by atoms with E-state index in [0.717, 1.165) is 13.1 Å². The second kappa shape index (κ2) is 10.0. The van der Waals surface area contributed by atoms with Crippen molar-refractivity contribution in [1.29, 1.82) is 0 Å². The average molecular weight is 395 g/mol. The smallest absolute Gasteiger partial charge is 0.0653 e. The van der Waals surface area contributed by atoms with E-state index in [0.29, 0.717) is 38.2 Å². The number of alkyl halides is 2. The van der Waals surface area contributed by atoms with Crippen LogP contribution in [0.15, 0.2) is 48.5 Å². The summed E-state index contributed by atoms with van der Waals surface area (Å²) < 4.78 is 11.2. The van der Waals surface area contributed by atoms with E-state index in [1.54, 1.807) is 0 Å². The number of anilines is 4. The lowest BCUT2D eigenvalue weighted by Gasteiger charge is -2.40. The van der Waals surface area contributed by atoms with Gasteiger partial charge in [0.25, 0.3) is 0 Å². The van der Waals surface area contributed by atoms with Crippen molar-refractivity contribution in [3.05, 3.63) is 48.5 Å². The van der Waals surface area contributed by atoms with Crippen LogP contribution < -0.4 is 9.80 Å². The van der Waals surface area contributed by atoms with Crippen molar-refractivity contribution in [3.63, 3.8) is 0 Å². The molecule has 26 heavy (non-hydrogen) atoms. The molecular weight excluding hydrogens is 371 g/mol. The summed E-state index contributed by atoms with van der Waals surface area (Å²) in [7, 11) is 0. The molecule has 0 bridgehead atoms. The van der Waals surface area contributed by atoms with Crippen molar-refractivity contribution in [2.45, 2.75) is 0 Å². The van der Waals surface area contributed by atoms with Gasteiger partial charge in [-0.05, 0) is 24.3 Å². The number of benzene rings is 2. The molecule has 1 heterocycles. The van der Waals surface area contributed by atoms with E-state index in [-0.39, 0.29) is 0 Å². The van der Waals surface area contributed by atoms with E-state index < -0.39 is 0 Å². The molecule has 0 spiro atoms. The first kappa shape index (κ1) is 19.3. The van der Waals surface area contributed by atoms with E-state index in [4.69, 9.17) is 32.7 Å². The highest BCUT2D eigenvalue weighted by atomic mass is 35.5. The van der Waals surface area contributed by atoms with E-state index in [1.807, 2.05) is 0 Å². The van der Waals surface area contributed by atoms with Crippen LogP contribution in [-0.4, -0.2) is 51.3 Å². The van der Waals surface area contributed by atoms with E-state index in [9.17, 15) is 0 Å². The van der Waals surface area contributed by atoms with E-state index in [2.05, 4.69) is 58.3 Å². The van der Waals surface area contributed by atoms with Crippen LogP contribution in [0.25, 0.3) is 0 Å². The van der Waals surface area contributed by atoms with Crippen molar-refractivity contribution < 1.29 is 9.47 Å². The average Bonchev–Trinajstić information content (AvgIpc) is 2.69. The standard InChI is InChI=1S/C20H24Cl2N2O2/c21-9-13-25-15-11-23-17-5-1-2-6-18(17)24(12-16-26-14-10-22)20-8-4-3-7-19(20)23/h1-8H,9-16H2. The molecule has 1 aliphatic rings. The van der Waals surface area contributed by atoms with Gasteiger partial charge in [0.05, 0.1) is 49.2 Å². The quantitative estimate of drug-likeness (QED) is 0.427. The van der Waals surface area contributed by atoms with Crippen LogP contribution >= 0.6 is 23.2 Å². The Morgan fingerprint density at radius 1 is 0.577 bits per heavy atom. The SMILES string of the molecule is ClCCOCCN1c2ccccc2N(CCOCCCl)c2ccccc21. The molecule has 1 aliphatic heterocycles. The number of halogens is 2. The summed E-state index contributed by atoms with van der Waals surface area (Å²) in [4.78, 5) is 4.63. The summed E-state index contributed by atoms with van der Waals surface area (Å²) >= 11 is 11.4. The molecule has 4 nitrogen and oxygen atoms in total. The van der Waals surface area contributed by atoms with Crippen LogP contribution in [0, 0.1) is 0 Å². The number of para-hydroxylation sites is 4. The van der Waals surface area contributed by atoms with E-state index in [1.165, 1.54) is 22.7 Å². The number of nitrogens with zero attached hydrogens (tertiary/aromatic N) is 2. The zero-order valence-corrected chi connectivity index (χ0v) is 16.3. The predicted molar refractivity (Wildman–Crippen MR) is 110 cm³/mol. The molecule has 0 aromatic heterocycles. The van der Waals surface area contributed by atoms with Crippen molar-refractivity contribution in [2.24, 2.45) is 0 Å². The van der Waals surface area contributed by atoms with Crippen LogP contribution in [0.1, 0.15) is 0 Å². The van der Waals surface area contributed by atoms with Crippen molar-refractivity contribution in [3.8, 4) is 0 Å². The Morgan fingerprint density at radius 2 is 0.923 bits per heavy atom. The van der Waals surface area contributed by atoms with Gasteiger partial charge >= 0.3 is 0 Å². The fraction of sp³-hybridized carbons (Fsp3) is 0.400. The first-order chi connectivity index (χ1) is 12.9. The van der Waals surface area contributed by atoms with Crippen LogP contribution in [-0.2, 0) is 9.47 Å². The Kier molecular flexibility index (Phi) is 7.44. The highest BCUT2D eigenvalue weighted by molar-refractivity contribution is 6.18. The molecule has 6 heteroatoms. The Hall–Kier alpha value is -1.46. The summed E-state index contributed by atoms with van der Waals surface area (Å²) in [6.07, 6.45) is 0. The normalized spacial score (nSPS) is 12.8. The molecule has 3 rings (SSSR count). The Labute approximate surface area is 165 Å². The van der Waals surface area contributed by atoms with Crippen LogP contribution in [0.4, 0.5) is 22.7 Å². The molecule has 0 aliphatic carbocycles. The van der Waals surface area contributed by atoms with Crippen molar-refractivity contribution in [1.82, 2.24) is 0 Å². The molecule has 140 valence electrons. The summed E-state index contributed by atoms with van der Waals surface area (Å²) in [6, 6.07) is 16.9. The maximum absolute atomic E-state index is 5.71. The van der Waals surface area contributed by atoms with Gasteiger partial charge in [0.15, 0.2) is 0 Å². The van der Waals surface area contributed by atoms with E-state index >= 15 is 0 Å². The third kappa shape index (κ3) is 4.44. The molecule has 2 aromatic carbocycles. The Bertz CT molecular complexity index is 594. The van der Waals surface area contributed by atoms with Gasteiger partial charge in [-0.1, -0.05) is 24.3 Å². The fourth-order valence-corrected chi connectivity index (χ4v) is 3.43. The minimum atomic E-state index is 0.517. The number of hydrogen-bond donors (Lipinski definition) is 0. The number of fused-ring (bicyclic) bond motifs is 2. The van der Waals surface area contributed by atoms with Crippen LogP contribution in [0.2, 0.25) is 0 Å². The third-order valence-electron chi connectivity index (χ3n) is 4.29. The van der Waals surface area contributed by atoms with Gasteiger partial charge in [-0.3, -0.25) is 0 Å². The minimum absolute atomic E-state index is 0.517. The molecule has 0 saturated carbocycles. The van der Waals surface area contributed by atoms with Gasteiger partial charge in [-0.15, -0.1) is 23.2 Å². The lowest BCUT2D eigenvalue weighted by molar-refractivity contribution is 0.156. The summed E-state index contributed by atoms with van der Waals surface area (Å²) in [5.74, 6) is 1.03. The van der Waals surface area contributed by atoms with Gasteiger partial charge in [-0.2, -0.15) is 0 Å². The highest BCUT2D eigenvalue weighted by Crippen LogP contribution is 2.47. The van der Waals surface area contributed by atoms with Crippen molar-refractivity contribution >= 4 is 46.0 Å². The number of hydrogen-bond acceptors (Lipinski definition) is 4. The van der Waals surface area contributed by atoms with Gasteiger partial charge in [0, 0.05) is 24.8 Å². The Morgan fingerprint density at radius 3 is 1.23 bits per heavy atom. The Balaban J connectivity index is 1.85. The molecule has 0 radical (unpaired) electrons. The second-order valence-electron chi connectivity index (χ2n) is 5.88. The molecule has 0 fully saturated rings. The first-order valence-electron chi connectivity index (χ1n) is 8.87. The van der Waals surface area contributed by atoms with Gasteiger partial charge < -0.3 is 19.3 Å².